The number of rotatable bonds is 10. The zero-order valence-electron chi connectivity index (χ0n) is 44.3. The van der Waals surface area contributed by atoms with Crippen molar-refractivity contribution in [2.75, 3.05) is 40.6 Å². The van der Waals surface area contributed by atoms with Crippen LogP contribution in [0.3, 0.4) is 0 Å². The van der Waals surface area contributed by atoms with E-state index in [0.29, 0.717) is 61.9 Å². The Morgan fingerprint density at radius 2 is 1.18 bits per heavy atom. The molecule has 2 aromatic heterocycles. The van der Waals surface area contributed by atoms with Crippen LogP contribution in [0.4, 0.5) is 9.59 Å². The summed E-state index contributed by atoms with van der Waals surface area (Å²) in [5, 5.41) is 5.76. The molecule has 16 heteroatoms. The minimum atomic E-state index is -0.700. The Morgan fingerprint density at radius 3 is 1.74 bits per heavy atom. The molecule has 76 heavy (non-hydrogen) atoms. The van der Waals surface area contributed by atoms with E-state index in [0.717, 1.165) is 117 Å². The lowest BCUT2D eigenvalue weighted by Gasteiger charge is -2.39. The van der Waals surface area contributed by atoms with Gasteiger partial charge < -0.3 is 49.3 Å². The summed E-state index contributed by atoms with van der Waals surface area (Å²) in [4.78, 5) is 76.5. The van der Waals surface area contributed by atoms with Gasteiger partial charge in [0.25, 0.3) is 0 Å². The van der Waals surface area contributed by atoms with E-state index in [-0.39, 0.29) is 47.8 Å². The second-order valence-electron chi connectivity index (χ2n) is 24.2. The highest BCUT2D eigenvalue weighted by Gasteiger charge is 2.52. The first-order chi connectivity index (χ1) is 37.2. The molecule has 6 heterocycles. The second-order valence-corrected chi connectivity index (χ2v) is 24.2. The van der Waals surface area contributed by atoms with Crippen LogP contribution in [0.1, 0.15) is 162 Å². The summed E-state index contributed by atoms with van der Waals surface area (Å²) >= 11 is 0. The van der Waals surface area contributed by atoms with Crippen molar-refractivity contribution >= 4 is 46.1 Å². The number of carbonyl (C=O) groups excluding carboxylic acids is 4. The lowest BCUT2D eigenvalue weighted by Crippen LogP contribution is -2.58. The van der Waals surface area contributed by atoms with Crippen molar-refractivity contribution in [2.24, 2.45) is 35.5 Å². The fourth-order valence-electron chi connectivity index (χ4n) is 15.8. The Balaban J connectivity index is 0.732. The van der Waals surface area contributed by atoms with Crippen LogP contribution in [0.2, 0.25) is 0 Å². The first-order valence-electron chi connectivity index (χ1n) is 29.0. The summed E-state index contributed by atoms with van der Waals surface area (Å²) in [6.07, 6.45) is 23.5. The number of nitrogens with one attached hydrogen (secondary N) is 4. The quantitative estimate of drug-likeness (QED) is 0.111. The third-order valence-electron chi connectivity index (χ3n) is 20.0. The third-order valence-corrected chi connectivity index (χ3v) is 20.0. The molecule has 12 aliphatic rings. The molecule has 4 saturated heterocycles. The van der Waals surface area contributed by atoms with Crippen LogP contribution in [-0.4, -0.2) is 119 Å². The molecule has 3 saturated carbocycles. The van der Waals surface area contributed by atoms with Crippen molar-refractivity contribution in [3.05, 3.63) is 82.5 Å². The van der Waals surface area contributed by atoms with Crippen LogP contribution < -0.4 is 10.6 Å². The van der Waals surface area contributed by atoms with Crippen LogP contribution in [0.25, 0.3) is 22.1 Å². The van der Waals surface area contributed by atoms with E-state index >= 15 is 0 Å². The number of aromatic amines is 2. The highest BCUT2D eigenvalue weighted by Crippen LogP contribution is 2.51. The molecule has 4 aromatic rings. The Kier molecular flexibility index (Phi) is 13.7. The Bertz CT molecular complexity index is 2920. The molecule has 16 nitrogen and oxygen atoms in total. The number of likely N-dealkylation sites (tertiary alicyclic amines) is 2. The van der Waals surface area contributed by atoms with E-state index in [9.17, 15) is 19.2 Å². The molecule has 4 bridgehead atoms. The summed E-state index contributed by atoms with van der Waals surface area (Å²) in [6.45, 7) is 1.76. The van der Waals surface area contributed by atoms with Gasteiger partial charge in [-0.2, -0.15) is 0 Å². The average Bonchev–Trinajstić information content (AvgIpc) is 4.27. The van der Waals surface area contributed by atoms with Crippen LogP contribution in [-0.2, 0) is 28.5 Å². The summed E-state index contributed by atoms with van der Waals surface area (Å²) in [5.41, 5.74) is 9.69. The maximum Gasteiger partial charge on any atom is 0.407 e. The number of methoxy groups -OCH3 is 2. The number of ether oxygens (including phenoxy) is 4. The molecule has 404 valence electrons. The number of hydrogen-bond donors (Lipinski definition) is 4. The van der Waals surface area contributed by atoms with Gasteiger partial charge in [-0.1, -0.05) is 61.1 Å². The molecule has 0 spiro atoms. The largest absolute Gasteiger partial charge is 0.453 e. The number of carbonyl (C=O) groups is 4. The number of alkyl carbamates (subject to hydrolysis) is 2. The van der Waals surface area contributed by atoms with Crippen molar-refractivity contribution < 1.29 is 38.1 Å². The fraction of sp³-hybridized carbons (Fsp3) is 0.633. The predicted octanol–water partition coefficient (Wildman–Crippen LogP) is 9.96. The number of amides is 4. The normalized spacial score (nSPS) is 31.4. The molecule has 12 atom stereocenters. The van der Waals surface area contributed by atoms with Gasteiger partial charge in [0.15, 0.2) is 0 Å². The van der Waals surface area contributed by atoms with E-state index < -0.39 is 24.3 Å². The van der Waals surface area contributed by atoms with Gasteiger partial charge in [-0.3, -0.25) is 9.59 Å². The van der Waals surface area contributed by atoms with Gasteiger partial charge in [0.05, 0.1) is 74.8 Å². The third kappa shape index (κ3) is 9.30. The number of H-pyrrole nitrogens is 2. The maximum absolute atomic E-state index is 14.7. The first-order valence-corrected chi connectivity index (χ1v) is 29.0. The van der Waals surface area contributed by atoms with Gasteiger partial charge in [0, 0.05) is 35.8 Å². The minimum Gasteiger partial charge on any atom is -0.453 e. The molecule has 4 aliphatic heterocycles. The van der Waals surface area contributed by atoms with Gasteiger partial charge in [-0.05, 0) is 149 Å². The highest BCUT2D eigenvalue weighted by molar-refractivity contribution is 5.88. The summed E-state index contributed by atoms with van der Waals surface area (Å²) in [6, 6.07) is 12.1. The fourth-order valence-corrected chi connectivity index (χ4v) is 15.8. The molecule has 3 unspecified atom stereocenters. The Labute approximate surface area is 445 Å². The molecule has 8 aliphatic carbocycles. The first kappa shape index (κ1) is 49.8. The van der Waals surface area contributed by atoms with Crippen molar-refractivity contribution in [3.63, 3.8) is 0 Å². The lowest BCUT2D eigenvalue weighted by molar-refractivity contribution is -0.145. The predicted molar refractivity (Wildman–Crippen MR) is 285 cm³/mol. The van der Waals surface area contributed by atoms with Crippen LogP contribution >= 0.6 is 0 Å². The zero-order chi connectivity index (χ0) is 51.6. The van der Waals surface area contributed by atoms with E-state index in [2.05, 4.69) is 79.0 Å². The summed E-state index contributed by atoms with van der Waals surface area (Å²) in [7, 11) is 2.68. The van der Waals surface area contributed by atoms with Crippen LogP contribution in [0, 0.1) is 35.5 Å². The number of imidazole rings is 2. The van der Waals surface area contributed by atoms with Gasteiger partial charge in [-0.15, -0.1) is 0 Å². The standard InChI is InChI=1S/C60H76N8O8/c1-73-59(71)65-53(41-29-75-30-41)57(69)67-49-9-5-3-7-39(49)27-51(67)55-61-45-21-19-37(25-47(45)63-55)43-23-33-11-15-35(43)17-13-34-12-16-36(18-14-33)44(24-34)38-20-22-46-48(26-38)64-56(62-46)52-28-40-8-4-6-10-50(40)68(52)58(70)54(42-31-76-32-42)66-60(72)74-2/h15,19-22,24-26,33,36,39-44,49-54H,3-14,16-18,23,27-32H2,1-2H3,(H,61,63)(H,62,64)(H,65,71)(H,66,72)/t33-,36?,39-,40-,43+,44+,49-,50-,51-,52-,53?,54?/m0/s1. The van der Waals surface area contributed by atoms with Gasteiger partial charge in [0.2, 0.25) is 11.8 Å². The molecule has 4 N–H and O–H groups in total. The van der Waals surface area contributed by atoms with Crippen LogP contribution in [0.5, 0.6) is 0 Å². The summed E-state index contributed by atoms with van der Waals surface area (Å²) < 4.78 is 21.0. The molecule has 4 amide bonds. The van der Waals surface area contributed by atoms with Crippen molar-refractivity contribution in [1.82, 2.24) is 40.4 Å². The van der Waals surface area contributed by atoms with E-state index in [4.69, 9.17) is 28.9 Å². The molecule has 0 radical (unpaired) electrons. The zero-order valence-corrected chi connectivity index (χ0v) is 44.3. The number of aromatic nitrogens is 4. The Morgan fingerprint density at radius 1 is 0.632 bits per heavy atom. The molecule has 7 fully saturated rings. The Hall–Kier alpha value is -5.74. The van der Waals surface area contributed by atoms with E-state index in [1.54, 1.807) is 11.1 Å². The van der Waals surface area contributed by atoms with Gasteiger partial charge in [-0.25, -0.2) is 19.6 Å². The van der Waals surface area contributed by atoms with E-state index in [1.165, 1.54) is 57.5 Å². The SMILES string of the molecule is COC(=O)NC(C(=O)N1[C@H](c2nc3ccc([C@@H]4C[C@H]5CC=C4CCC4=C[C@@H](c6ccc7nc([C@@H]8C[C@@H]9CCCC[C@@H]9N8C(=O)C(NC(=O)OC)C8COC8)[nH]c7c6)C(CC4)CC5)cc3[nH]2)C[C@@H]2CCCC[C@@H]21)C1COC1. The highest BCUT2D eigenvalue weighted by atomic mass is 16.5. The molecular formula is C60H76N8O8. The monoisotopic (exact) mass is 1040 g/mol. The topological polar surface area (TPSA) is 193 Å². The minimum absolute atomic E-state index is 0.0554. The van der Waals surface area contributed by atoms with Gasteiger partial charge in [0.1, 0.15) is 23.7 Å². The van der Waals surface area contributed by atoms with Gasteiger partial charge >= 0.3 is 12.2 Å². The smallest absolute Gasteiger partial charge is 0.407 e. The average molecular weight is 1040 g/mol. The molecular weight excluding hydrogens is 961 g/mol. The number of nitrogens with zero attached hydrogens (tertiary/aromatic N) is 4. The van der Waals surface area contributed by atoms with Crippen molar-refractivity contribution in [1.29, 1.82) is 0 Å². The van der Waals surface area contributed by atoms with Crippen molar-refractivity contribution in [3.8, 4) is 0 Å². The number of benzene rings is 2. The second kappa shape index (κ2) is 20.9. The summed E-state index contributed by atoms with van der Waals surface area (Å²) in [5.74, 6) is 4.02. The van der Waals surface area contributed by atoms with Crippen molar-refractivity contribution in [2.45, 2.75) is 164 Å². The maximum atomic E-state index is 14.7. The van der Waals surface area contributed by atoms with E-state index in [1.807, 2.05) is 0 Å². The number of fused-ring (bicyclic) bond motifs is 4. The number of hydrogen-bond acceptors (Lipinski definition) is 10. The lowest BCUT2D eigenvalue weighted by atomic mass is 9.69. The number of allylic oxidation sites excluding steroid dienone is 4. The molecule has 16 rings (SSSR count). The van der Waals surface area contributed by atoms with Crippen LogP contribution in [0.15, 0.2) is 59.7 Å². The molecule has 2 aromatic carbocycles.